The van der Waals surface area contributed by atoms with E-state index in [1.807, 2.05) is 72.8 Å². The summed E-state index contributed by atoms with van der Waals surface area (Å²) in [5.74, 6) is -0.789. The standard InChI is InChI=1S/C32H51NO6/c1-9-10-13-23(5)31(39-32(33)37)26(8)30(36)25(7)19-20(2)18-24(6)29(35)22(4)14-11-12-15-27-21(3)16-17-28(34)38-27/h9-11,13-14,16-18,21-27,29-31,35-36H,1,12,15,19H2,2-8H3,(H2,33,37)/b13-10-,14-11-,20-18-/t21-,22+,23?,24?,25+,26+,27+,29+,30-,31?/m1/s1. The van der Waals surface area contributed by atoms with Gasteiger partial charge >= 0.3 is 12.1 Å². The molecule has 1 amide bonds. The summed E-state index contributed by atoms with van der Waals surface area (Å²) in [4.78, 5) is 23.0. The number of aliphatic hydroxyl groups is 2. The topological polar surface area (TPSA) is 119 Å². The summed E-state index contributed by atoms with van der Waals surface area (Å²) >= 11 is 0. The first-order valence-corrected chi connectivity index (χ1v) is 14.1. The summed E-state index contributed by atoms with van der Waals surface area (Å²) in [6.07, 6.45) is 14.1. The van der Waals surface area contributed by atoms with Crippen molar-refractivity contribution in [3.8, 4) is 0 Å². The predicted molar refractivity (Wildman–Crippen MR) is 157 cm³/mol. The van der Waals surface area contributed by atoms with Gasteiger partial charge in [0.2, 0.25) is 0 Å². The van der Waals surface area contributed by atoms with Crippen molar-refractivity contribution in [2.24, 2.45) is 41.2 Å². The minimum atomic E-state index is -0.864. The van der Waals surface area contributed by atoms with Gasteiger partial charge in [0.25, 0.3) is 0 Å². The Kier molecular flexibility index (Phi) is 15.1. The molecule has 0 aromatic rings. The lowest BCUT2D eigenvalue weighted by atomic mass is 9.81. The van der Waals surface area contributed by atoms with Gasteiger partial charge in [0.15, 0.2) is 0 Å². The molecule has 0 bridgehead atoms. The summed E-state index contributed by atoms with van der Waals surface area (Å²) < 4.78 is 10.8. The fraction of sp³-hybridized carbons (Fsp3) is 0.625. The molecule has 7 heteroatoms. The van der Waals surface area contributed by atoms with Crippen LogP contribution in [-0.4, -0.2) is 46.7 Å². The second kappa shape index (κ2) is 17.1. The van der Waals surface area contributed by atoms with Crippen molar-refractivity contribution in [2.45, 2.75) is 92.1 Å². The molecule has 0 saturated heterocycles. The molecule has 0 aromatic heterocycles. The van der Waals surface area contributed by atoms with E-state index in [2.05, 4.69) is 12.7 Å². The largest absolute Gasteiger partial charge is 0.459 e. The Labute approximate surface area is 235 Å². The first kappa shape index (κ1) is 34.4. The first-order chi connectivity index (χ1) is 18.3. The molecule has 0 aromatic carbocycles. The van der Waals surface area contributed by atoms with Crippen molar-refractivity contribution in [1.29, 1.82) is 0 Å². The van der Waals surface area contributed by atoms with Crippen LogP contribution in [0, 0.1) is 35.5 Å². The molecule has 1 aliphatic rings. The second-order valence-corrected chi connectivity index (χ2v) is 11.3. The van der Waals surface area contributed by atoms with Crippen LogP contribution < -0.4 is 5.73 Å². The molecule has 0 saturated carbocycles. The van der Waals surface area contributed by atoms with Gasteiger partial charge in [-0.15, -0.1) is 0 Å². The van der Waals surface area contributed by atoms with E-state index in [1.54, 1.807) is 12.2 Å². The Morgan fingerprint density at radius 1 is 1.13 bits per heavy atom. The minimum Gasteiger partial charge on any atom is -0.459 e. The van der Waals surface area contributed by atoms with Crippen LogP contribution >= 0.6 is 0 Å². The summed E-state index contributed by atoms with van der Waals surface area (Å²) in [6, 6.07) is 0. The third-order valence-corrected chi connectivity index (χ3v) is 7.68. The average Bonchev–Trinajstić information content (AvgIpc) is 2.88. The summed E-state index contributed by atoms with van der Waals surface area (Å²) in [5, 5.41) is 22.0. The van der Waals surface area contributed by atoms with E-state index in [-0.39, 0.29) is 47.6 Å². The van der Waals surface area contributed by atoms with Gasteiger partial charge in [-0.1, -0.05) is 96.2 Å². The van der Waals surface area contributed by atoms with Crippen LogP contribution in [0.1, 0.15) is 67.7 Å². The molecule has 10 atom stereocenters. The third kappa shape index (κ3) is 12.0. The van der Waals surface area contributed by atoms with Gasteiger partial charge in [0, 0.05) is 35.7 Å². The van der Waals surface area contributed by atoms with Crippen molar-refractivity contribution in [3.63, 3.8) is 0 Å². The SMILES string of the molecule is C=C/C=C\C(C)C(OC(N)=O)[C@@H](C)[C@H](O)[C@@H](C)C/C(C)=C\C(C)[C@@H](O)[C@@H](C)/C=C\CC[C@@H]1OC(=O)C=C[C@H]1C. The Balaban J connectivity index is 2.68. The lowest BCUT2D eigenvalue weighted by Gasteiger charge is -2.33. The maximum Gasteiger partial charge on any atom is 0.404 e. The molecule has 3 unspecified atom stereocenters. The minimum absolute atomic E-state index is 0.0462. The van der Waals surface area contributed by atoms with E-state index in [9.17, 15) is 19.8 Å². The zero-order chi connectivity index (χ0) is 29.7. The Morgan fingerprint density at radius 3 is 2.41 bits per heavy atom. The van der Waals surface area contributed by atoms with E-state index in [1.165, 1.54) is 6.08 Å². The summed E-state index contributed by atoms with van der Waals surface area (Å²) in [7, 11) is 0. The maximum atomic E-state index is 11.5. The van der Waals surface area contributed by atoms with Gasteiger partial charge in [-0.05, 0) is 32.1 Å². The highest BCUT2D eigenvalue weighted by Gasteiger charge is 2.33. The van der Waals surface area contributed by atoms with Crippen LogP contribution in [0.4, 0.5) is 4.79 Å². The van der Waals surface area contributed by atoms with Crippen LogP contribution in [0.5, 0.6) is 0 Å². The smallest absolute Gasteiger partial charge is 0.404 e. The number of amides is 1. The number of esters is 1. The molecule has 39 heavy (non-hydrogen) atoms. The van der Waals surface area contributed by atoms with Crippen molar-refractivity contribution < 1.29 is 29.3 Å². The van der Waals surface area contributed by atoms with Crippen LogP contribution in [0.15, 0.2) is 60.8 Å². The van der Waals surface area contributed by atoms with E-state index < -0.39 is 24.4 Å². The van der Waals surface area contributed by atoms with Gasteiger partial charge < -0.3 is 25.4 Å². The number of aliphatic hydroxyl groups excluding tert-OH is 2. The van der Waals surface area contributed by atoms with E-state index in [0.717, 1.165) is 18.4 Å². The molecule has 7 nitrogen and oxygen atoms in total. The fourth-order valence-corrected chi connectivity index (χ4v) is 5.28. The molecule has 0 aliphatic carbocycles. The number of rotatable bonds is 16. The van der Waals surface area contributed by atoms with Crippen LogP contribution in [0.25, 0.3) is 0 Å². The van der Waals surface area contributed by atoms with Crippen molar-refractivity contribution in [2.75, 3.05) is 0 Å². The third-order valence-electron chi connectivity index (χ3n) is 7.68. The molecule has 4 N–H and O–H groups in total. The highest BCUT2D eigenvalue weighted by atomic mass is 16.6. The summed E-state index contributed by atoms with van der Waals surface area (Å²) in [6.45, 7) is 17.4. The average molecular weight is 546 g/mol. The second-order valence-electron chi connectivity index (χ2n) is 11.3. The number of cyclic esters (lactones) is 1. The number of hydrogen-bond acceptors (Lipinski definition) is 6. The van der Waals surface area contributed by atoms with Crippen molar-refractivity contribution in [3.05, 3.63) is 60.8 Å². The fourth-order valence-electron chi connectivity index (χ4n) is 5.28. The van der Waals surface area contributed by atoms with E-state index in [4.69, 9.17) is 15.2 Å². The van der Waals surface area contributed by atoms with Crippen LogP contribution in [0.3, 0.4) is 0 Å². The molecule has 1 rings (SSSR count). The first-order valence-electron chi connectivity index (χ1n) is 14.1. The van der Waals surface area contributed by atoms with Gasteiger partial charge in [0.05, 0.1) is 12.2 Å². The molecule has 0 fully saturated rings. The quantitative estimate of drug-likeness (QED) is 0.126. The number of carbonyl (C=O) groups is 2. The highest BCUT2D eigenvalue weighted by molar-refractivity contribution is 5.82. The van der Waals surface area contributed by atoms with Crippen molar-refractivity contribution >= 4 is 12.1 Å². The van der Waals surface area contributed by atoms with Crippen LogP contribution in [-0.2, 0) is 14.3 Å². The number of primary amides is 1. The number of carbonyl (C=O) groups excluding carboxylic acids is 2. The predicted octanol–water partition coefficient (Wildman–Crippen LogP) is 5.89. The normalized spacial score (nSPS) is 24.4. The molecule has 0 spiro atoms. The van der Waals surface area contributed by atoms with Gasteiger partial charge in [-0.3, -0.25) is 0 Å². The monoisotopic (exact) mass is 545 g/mol. The number of allylic oxidation sites excluding steroid dienone is 4. The number of hydrogen-bond donors (Lipinski definition) is 3. The molecule has 220 valence electrons. The molecular formula is C32H51NO6. The lowest BCUT2D eigenvalue weighted by molar-refractivity contribution is -0.146. The highest BCUT2D eigenvalue weighted by Crippen LogP contribution is 2.29. The summed E-state index contributed by atoms with van der Waals surface area (Å²) in [5.41, 5.74) is 6.37. The zero-order valence-corrected chi connectivity index (χ0v) is 24.8. The Hall–Kier alpha value is -2.64. The zero-order valence-electron chi connectivity index (χ0n) is 24.8. The molecule has 1 aliphatic heterocycles. The molecular weight excluding hydrogens is 494 g/mol. The number of nitrogens with two attached hydrogens (primary N) is 1. The van der Waals surface area contributed by atoms with Gasteiger partial charge in [-0.25, -0.2) is 9.59 Å². The van der Waals surface area contributed by atoms with E-state index >= 15 is 0 Å². The lowest BCUT2D eigenvalue weighted by Crippen LogP contribution is -2.41. The van der Waals surface area contributed by atoms with Crippen molar-refractivity contribution in [1.82, 2.24) is 0 Å². The van der Waals surface area contributed by atoms with Gasteiger partial charge in [0.1, 0.15) is 12.2 Å². The maximum absolute atomic E-state index is 11.5. The molecule has 0 radical (unpaired) electrons. The molecule has 1 heterocycles. The Morgan fingerprint density at radius 2 is 1.79 bits per heavy atom. The van der Waals surface area contributed by atoms with Gasteiger partial charge in [-0.2, -0.15) is 0 Å². The van der Waals surface area contributed by atoms with E-state index in [0.29, 0.717) is 6.42 Å². The van der Waals surface area contributed by atoms with Crippen LogP contribution in [0.2, 0.25) is 0 Å². The Bertz CT molecular complexity index is 906. The number of ether oxygens (including phenoxy) is 2.